The Morgan fingerprint density at radius 2 is 2.19 bits per heavy atom. The molecule has 0 bridgehead atoms. The summed E-state index contributed by atoms with van der Waals surface area (Å²) in [5.41, 5.74) is -0.127. The van der Waals surface area contributed by atoms with Gasteiger partial charge in [0.25, 0.3) is 5.91 Å². The number of carboxylic acid groups (broad SMARTS) is 1. The maximum atomic E-state index is 11.2. The maximum Gasteiger partial charge on any atom is 0.322 e. The van der Waals surface area contributed by atoms with Gasteiger partial charge in [-0.25, -0.2) is 0 Å². The minimum Gasteiger partial charge on any atom is -0.480 e. The summed E-state index contributed by atoms with van der Waals surface area (Å²) in [5.74, 6) is -1.83. The Kier molecular flexibility index (Phi) is 7.24. The van der Waals surface area contributed by atoms with E-state index < -0.39 is 18.4 Å². The highest BCUT2D eigenvalue weighted by Crippen LogP contribution is 1.90. The molecule has 0 saturated heterocycles. The van der Waals surface area contributed by atoms with E-state index in [4.69, 9.17) is 10.4 Å². The largest absolute Gasteiger partial charge is 0.480 e. The van der Waals surface area contributed by atoms with Crippen LogP contribution in [-0.2, 0) is 9.59 Å². The predicted octanol–water partition coefficient (Wildman–Crippen LogP) is -0.0156. The van der Waals surface area contributed by atoms with Gasteiger partial charge in [0, 0.05) is 12.7 Å². The molecule has 0 aliphatic carbocycles. The van der Waals surface area contributed by atoms with Crippen LogP contribution in [0, 0.1) is 11.3 Å². The van der Waals surface area contributed by atoms with Crippen molar-refractivity contribution in [3.8, 4) is 6.07 Å². The molecule has 0 rings (SSSR count). The van der Waals surface area contributed by atoms with Gasteiger partial charge < -0.3 is 15.7 Å². The standard InChI is InChI=1S/C10H15N3O3/c1-2-3-4-12-6-8(5-11)10(16)13-7-9(14)15/h6,12H,2-4,7H2,1H3,(H,13,16)(H,14,15)/b8-6-. The summed E-state index contributed by atoms with van der Waals surface area (Å²) >= 11 is 0. The van der Waals surface area contributed by atoms with Crippen LogP contribution >= 0.6 is 0 Å². The lowest BCUT2D eigenvalue weighted by molar-refractivity contribution is -0.137. The summed E-state index contributed by atoms with van der Waals surface area (Å²) in [4.78, 5) is 21.4. The first-order valence-electron chi connectivity index (χ1n) is 4.95. The molecule has 0 heterocycles. The maximum absolute atomic E-state index is 11.2. The number of aliphatic carboxylic acids is 1. The molecule has 6 nitrogen and oxygen atoms in total. The van der Waals surface area contributed by atoms with Crippen LogP contribution in [-0.4, -0.2) is 30.1 Å². The lowest BCUT2D eigenvalue weighted by atomic mass is 10.3. The van der Waals surface area contributed by atoms with Gasteiger partial charge in [0.2, 0.25) is 0 Å². The smallest absolute Gasteiger partial charge is 0.322 e. The average molecular weight is 225 g/mol. The van der Waals surface area contributed by atoms with Crippen molar-refractivity contribution in [3.05, 3.63) is 11.8 Å². The Labute approximate surface area is 93.9 Å². The lowest BCUT2D eigenvalue weighted by Crippen LogP contribution is -2.30. The van der Waals surface area contributed by atoms with Gasteiger partial charge in [-0.1, -0.05) is 13.3 Å². The third kappa shape index (κ3) is 6.43. The molecule has 0 aromatic rings. The van der Waals surface area contributed by atoms with Crippen molar-refractivity contribution in [2.24, 2.45) is 0 Å². The Hall–Kier alpha value is -2.03. The van der Waals surface area contributed by atoms with Crippen molar-refractivity contribution in [1.29, 1.82) is 5.26 Å². The first kappa shape index (κ1) is 14.0. The quantitative estimate of drug-likeness (QED) is 0.321. The van der Waals surface area contributed by atoms with E-state index in [0.29, 0.717) is 6.54 Å². The molecular formula is C10H15N3O3. The molecule has 88 valence electrons. The van der Waals surface area contributed by atoms with E-state index >= 15 is 0 Å². The molecule has 16 heavy (non-hydrogen) atoms. The predicted molar refractivity (Wildman–Crippen MR) is 57.3 cm³/mol. The fraction of sp³-hybridized carbons (Fsp3) is 0.500. The van der Waals surface area contributed by atoms with Crippen LogP contribution in [0.1, 0.15) is 19.8 Å². The highest BCUT2D eigenvalue weighted by Gasteiger charge is 2.09. The van der Waals surface area contributed by atoms with Crippen LogP contribution in [0.15, 0.2) is 11.8 Å². The number of amides is 1. The van der Waals surface area contributed by atoms with Crippen molar-refractivity contribution < 1.29 is 14.7 Å². The van der Waals surface area contributed by atoms with Crippen LogP contribution in [0.5, 0.6) is 0 Å². The number of nitriles is 1. The second-order valence-electron chi connectivity index (χ2n) is 3.05. The van der Waals surface area contributed by atoms with E-state index in [9.17, 15) is 9.59 Å². The second kappa shape index (κ2) is 8.29. The molecule has 0 radical (unpaired) electrons. The highest BCUT2D eigenvalue weighted by molar-refractivity contribution is 5.98. The molecule has 6 heteroatoms. The number of nitrogens with one attached hydrogen (secondary N) is 2. The van der Waals surface area contributed by atoms with E-state index in [-0.39, 0.29) is 5.57 Å². The number of hydrogen-bond acceptors (Lipinski definition) is 4. The molecule has 0 aromatic carbocycles. The van der Waals surface area contributed by atoms with Gasteiger partial charge in [-0.2, -0.15) is 5.26 Å². The molecule has 0 spiro atoms. The van der Waals surface area contributed by atoms with E-state index in [2.05, 4.69) is 10.6 Å². The number of hydrogen-bond donors (Lipinski definition) is 3. The molecule has 1 amide bonds. The zero-order valence-electron chi connectivity index (χ0n) is 9.12. The summed E-state index contributed by atoms with van der Waals surface area (Å²) in [6.07, 6.45) is 3.24. The Balaban J connectivity index is 4.11. The van der Waals surface area contributed by atoms with Gasteiger partial charge in [0.1, 0.15) is 18.2 Å². The Bertz CT molecular complexity index is 318. The Morgan fingerprint density at radius 3 is 2.69 bits per heavy atom. The van der Waals surface area contributed by atoms with Gasteiger partial charge >= 0.3 is 5.97 Å². The van der Waals surface area contributed by atoms with Gasteiger partial charge in [-0.3, -0.25) is 9.59 Å². The van der Waals surface area contributed by atoms with E-state index in [1.54, 1.807) is 6.07 Å². The van der Waals surface area contributed by atoms with Crippen molar-refractivity contribution in [2.75, 3.05) is 13.1 Å². The molecular weight excluding hydrogens is 210 g/mol. The van der Waals surface area contributed by atoms with Gasteiger partial charge in [0.15, 0.2) is 0 Å². The van der Waals surface area contributed by atoms with Crippen LogP contribution < -0.4 is 10.6 Å². The summed E-state index contributed by atoms with van der Waals surface area (Å²) in [7, 11) is 0. The fourth-order valence-electron chi connectivity index (χ4n) is 0.853. The minimum atomic E-state index is -1.15. The Morgan fingerprint density at radius 1 is 1.50 bits per heavy atom. The van der Waals surface area contributed by atoms with Crippen LogP contribution in [0.4, 0.5) is 0 Å². The molecule has 3 N–H and O–H groups in total. The van der Waals surface area contributed by atoms with Crippen LogP contribution in [0.25, 0.3) is 0 Å². The number of carbonyl (C=O) groups excluding carboxylic acids is 1. The second-order valence-corrected chi connectivity index (χ2v) is 3.05. The summed E-state index contributed by atoms with van der Waals surface area (Å²) in [5, 5.41) is 21.9. The van der Waals surface area contributed by atoms with Gasteiger partial charge in [0.05, 0.1) is 0 Å². The van der Waals surface area contributed by atoms with E-state index in [1.807, 2.05) is 6.92 Å². The van der Waals surface area contributed by atoms with Crippen LogP contribution in [0.3, 0.4) is 0 Å². The molecule has 0 saturated carbocycles. The molecule has 0 aliphatic rings. The van der Waals surface area contributed by atoms with Crippen molar-refractivity contribution >= 4 is 11.9 Å². The number of rotatable bonds is 7. The molecule has 0 aliphatic heterocycles. The first-order chi connectivity index (χ1) is 7.61. The van der Waals surface area contributed by atoms with E-state index in [0.717, 1.165) is 12.8 Å². The van der Waals surface area contributed by atoms with Crippen molar-refractivity contribution in [2.45, 2.75) is 19.8 Å². The number of carboxylic acids is 1. The van der Waals surface area contributed by atoms with E-state index in [1.165, 1.54) is 6.20 Å². The number of carbonyl (C=O) groups is 2. The van der Waals surface area contributed by atoms with Crippen molar-refractivity contribution in [1.82, 2.24) is 10.6 Å². The average Bonchev–Trinajstić information content (AvgIpc) is 2.26. The molecule has 0 fully saturated rings. The van der Waals surface area contributed by atoms with Crippen molar-refractivity contribution in [3.63, 3.8) is 0 Å². The molecule has 0 unspecified atom stereocenters. The third-order valence-corrected chi connectivity index (χ3v) is 1.69. The normalized spacial score (nSPS) is 10.4. The topological polar surface area (TPSA) is 102 Å². The highest BCUT2D eigenvalue weighted by atomic mass is 16.4. The number of unbranched alkanes of at least 4 members (excludes halogenated alkanes) is 1. The first-order valence-corrected chi connectivity index (χ1v) is 4.95. The van der Waals surface area contributed by atoms with Gasteiger partial charge in [-0.15, -0.1) is 0 Å². The SMILES string of the molecule is CCCCN/C=C(/C#N)C(=O)NCC(=O)O. The zero-order chi connectivity index (χ0) is 12.4. The third-order valence-electron chi connectivity index (χ3n) is 1.69. The molecule has 0 aromatic heterocycles. The summed E-state index contributed by atoms with van der Waals surface area (Å²) < 4.78 is 0. The summed E-state index contributed by atoms with van der Waals surface area (Å²) in [6.45, 7) is 2.21. The monoisotopic (exact) mass is 225 g/mol. The zero-order valence-corrected chi connectivity index (χ0v) is 9.12. The summed E-state index contributed by atoms with van der Waals surface area (Å²) in [6, 6.07) is 1.70. The number of nitrogens with zero attached hydrogens (tertiary/aromatic N) is 1. The molecule has 0 atom stereocenters. The van der Waals surface area contributed by atoms with Crippen LogP contribution in [0.2, 0.25) is 0 Å². The van der Waals surface area contributed by atoms with Gasteiger partial charge in [-0.05, 0) is 6.42 Å². The fourth-order valence-corrected chi connectivity index (χ4v) is 0.853. The lowest BCUT2D eigenvalue weighted by Gasteiger charge is -2.02. The minimum absolute atomic E-state index is 0.127.